The van der Waals surface area contributed by atoms with Gasteiger partial charge in [-0.3, -0.25) is 9.59 Å². The van der Waals surface area contributed by atoms with Crippen LogP contribution in [0.5, 0.6) is 5.75 Å². The number of methoxy groups -OCH3 is 1. The highest BCUT2D eigenvalue weighted by molar-refractivity contribution is 7.27. The number of benzene rings is 3. The van der Waals surface area contributed by atoms with Gasteiger partial charge in [-0.15, -0.1) is 9.24 Å². The third-order valence-electron chi connectivity index (χ3n) is 7.44. The number of hydrogen-bond donors (Lipinski definition) is 1. The summed E-state index contributed by atoms with van der Waals surface area (Å²) >= 11 is 0. The summed E-state index contributed by atoms with van der Waals surface area (Å²) in [6.07, 6.45) is 3.98. The maximum Gasteiger partial charge on any atom is 0.226 e. The lowest BCUT2D eigenvalue weighted by molar-refractivity contribution is -0.140. The number of rotatable bonds is 10. The molecule has 2 amide bonds. The summed E-state index contributed by atoms with van der Waals surface area (Å²) in [5, 5.41) is 4.33. The molecule has 0 aromatic heterocycles. The molecular formula is C31H37N2O3P. The second kappa shape index (κ2) is 12.9. The Hall–Kier alpha value is -3.17. The molecule has 1 unspecified atom stereocenters. The predicted molar refractivity (Wildman–Crippen MR) is 152 cm³/mol. The molecule has 0 bridgehead atoms. The van der Waals surface area contributed by atoms with Crippen LogP contribution in [0.15, 0.2) is 78.9 Å². The van der Waals surface area contributed by atoms with E-state index in [9.17, 15) is 9.59 Å². The van der Waals surface area contributed by atoms with Crippen molar-refractivity contribution in [3.05, 3.63) is 95.6 Å². The number of likely N-dealkylation sites (tertiary alicyclic amines) is 1. The van der Waals surface area contributed by atoms with E-state index in [-0.39, 0.29) is 11.8 Å². The van der Waals surface area contributed by atoms with Crippen molar-refractivity contribution in [3.63, 3.8) is 0 Å². The van der Waals surface area contributed by atoms with Gasteiger partial charge in [-0.05, 0) is 66.2 Å². The number of nitrogens with one attached hydrogen (secondary N) is 1. The first-order valence-corrected chi connectivity index (χ1v) is 13.6. The minimum Gasteiger partial charge on any atom is -0.497 e. The maximum atomic E-state index is 13.7. The average Bonchev–Trinajstić information content (AvgIpc) is 2.94. The lowest BCUT2D eigenvalue weighted by atomic mass is 9.72. The van der Waals surface area contributed by atoms with E-state index in [0.29, 0.717) is 45.3 Å². The van der Waals surface area contributed by atoms with Gasteiger partial charge in [0, 0.05) is 26.1 Å². The van der Waals surface area contributed by atoms with Gasteiger partial charge in [0.2, 0.25) is 11.8 Å². The highest BCUT2D eigenvalue weighted by Crippen LogP contribution is 2.36. The van der Waals surface area contributed by atoms with Crippen molar-refractivity contribution >= 4 is 26.4 Å². The van der Waals surface area contributed by atoms with Crippen LogP contribution < -0.4 is 15.4 Å². The Morgan fingerprint density at radius 1 is 0.919 bits per heavy atom. The molecule has 0 saturated carbocycles. The van der Waals surface area contributed by atoms with Crippen LogP contribution in [0.2, 0.25) is 0 Å². The van der Waals surface area contributed by atoms with Crippen LogP contribution in [0.1, 0.15) is 36.0 Å². The van der Waals surface area contributed by atoms with E-state index in [2.05, 4.69) is 38.8 Å². The number of carbonyl (C=O) groups is 2. The average molecular weight is 517 g/mol. The standard InChI is InChI=1S/C31H37N2O3P/c1-36-27-13-14-28(37)26(22-27)16-19-32-30(35)31(23-25-10-6-3-7-11-25)17-20-33(21-18-31)29(34)15-12-24-8-4-2-5-9-24/h2-11,13-14,22H,12,15-21,23,37H2,1H3,(H,32,35). The number of piperidine rings is 1. The molecule has 1 saturated heterocycles. The first-order valence-electron chi connectivity index (χ1n) is 13.1. The summed E-state index contributed by atoms with van der Waals surface area (Å²) in [6.45, 7) is 1.78. The van der Waals surface area contributed by atoms with Crippen molar-refractivity contribution in [2.75, 3.05) is 26.7 Å². The van der Waals surface area contributed by atoms with Crippen LogP contribution in [0.3, 0.4) is 0 Å². The minimum absolute atomic E-state index is 0.0842. The Balaban J connectivity index is 1.38. The van der Waals surface area contributed by atoms with E-state index >= 15 is 0 Å². The predicted octanol–water partition coefficient (Wildman–Crippen LogP) is 4.34. The molecule has 0 aliphatic carbocycles. The molecule has 1 N–H and O–H groups in total. The van der Waals surface area contributed by atoms with Crippen LogP contribution in [0.25, 0.3) is 0 Å². The Kier molecular flexibility index (Phi) is 9.35. The molecule has 5 nitrogen and oxygen atoms in total. The van der Waals surface area contributed by atoms with E-state index < -0.39 is 5.41 Å². The third-order valence-corrected chi connectivity index (χ3v) is 8.00. The van der Waals surface area contributed by atoms with Crippen molar-refractivity contribution < 1.29 is 14.3 Å². The summed E-state index contributed by atoms with van der Waals surface area (Å²) in [6, 6.07) is 26.3. The van der Waals surface area contributed by atoms with Crippen molar-refractivity contribution in [3.8, 4) is 5.75 Å². The van der Waals surface area contributed by atoms with E-state index in [4.69, 9.17) is 4.74 Å². The highest BCUT2D eigenvalue weighted by atomic mass is 31.0. The van der Waals surface area contributed by atoms with Crippen LogP contribution in [0, 0.1) is 5.41 Å². The zero-order chi connectivity index (χ0) is 26.1. The Morgan fingerprint density at radius 3 is 2.22 bits per heavy atom. The number of carbonyl (C=O) groups excluding carboxylic acids is 2. The first kappa shape index (κ1) is 26.9. The van der Waals surface area contributed by atoms with Gasteiger partial charge in [-0.1, -0.05) is 66.7 Å². The lowest BCUT2D eigenvalue weighted by Crippen LogP contribution is -2.51. The van der Waals surface area contributed by atoms with E-state index in [1.165, 1.54) is 5.56 Å². The molecule has 0 radical (unpaired) electrons. The molecule has 4 rings (SSSR count). The SMILES string of the molecule is COc1ccc(P)c(CCNC(=O)C2(Cc3ccccc3)CCN(C(=O)CCc3ccccc3)CC2)c1. The Morgan fingerprint density at radius 2 is 1.57 bits per heavy atom. The van der Waals surface area contributed by atoms with Gasteiger partial charge in [-0.2, -0.15) is 0 Å². The van der Waals surface area contributed by atoms with Gasteiger partial charge in [0.25, 0.3) is 0 Å². The summed E-state index contributed by atoms with van der Waals surface area (Å²) in [5.41, 5.74) is 2.95. The van der Waals surface area contributed by atoms with Gasteiger partial charge >= 0.3 is 0 Å². The maximum absolute atomic E-state index is 13.7. The van der Waals surface area contributed by atoms with Gasteiger partial charge < -0.3 is 15.0 Å². The number of amides is 2. The fraction of sp³-hybridized carbons (Fsp3) is 0.355. The monoisotopic (exact) mass is 516 g/mol. The van der Waals surface area contributed by atoms with Crippen molar-refractivity contribution in [2.45, 2.75) is 38.5 Å². The second-order valence-electron chi connectivity index (χ2n) is 9.88. The van der Waals surface area contributed by atoms with Gasteiger partial charge in [-0.25, -0.2) is 0 Å². The number of ether oxygens (including phenoxy) is 1. The van der Waals surface area contributed by atoms with Gasteiger partial charge in [0.15, 0.2) is 0 Å². The molecule has 1 atom stereocenters. The number of aryl methyl sites for hydroxylation is 1. The van der Waals surface area contributed by atoms with E-state index in [1.807, 2.05) is 59.5 Å². The molecule has 3 aromatic carbocycles. The molecular weight excluding hydrogens is 479 g/mol. The molecule has 0 spiro atoms. The van der Waals surface area contributed by atoms with Crippen LogP contribution in [0.4, 0.5) is 0 Å². The number of nitrogens with zero attached hydrogens (tertiary/aromatic N) is 1. The first-order chi connectivity index (χ1) is 18.0. The molecule has 3 aromatic rings. The largest absolute Gasteiger partial charge is 0.497 e. The summed E-state index contributed by atoms with van der Waals surface area (Å²) < 4.78 is 5.36. The molecule has 194 valence electrons. The van der Waals surface area contributed by atoms with E-state index in [1.54, 1.807) is 7.11 Å². The number of hydrogen-bond acceptors (Lipinski definition) is 3. The Labute approximate surface area is 222 Å². The second-order valence-corrected chi connectivity index (χ2v) is 10.5. The van der Waals surface area contributed by atoms with Gasteiger partial charge in [0.1, 0.15) is 5.75 Å². The minimum atomic E-state index is -0.518. The normalized spacial score (nSPS) is 14.7. The summed E-state index contributed by atoms with van der Waals surface area (Å²) in [5.74, 6) is 1.07. The fourth-order valence-corrected chi connectivity index (χ4v) is 5.46. The molecule has 1 fully saturated rings. The van der Waals surface area contributed by atoms with Crippen LogP contribution in [-0.2, 0) is 28.9 Å². The van der Waals surface area contributed by atoms with Crippen molar-refractivity contribution in [1.82, 2.24) is 10.2 Å². The summed E-state index contributed by atoms with van der Waals surface area (Å²) in [7, 11) is 4.42. The highest BCUT2D eigenvalue weighted by Gasteiger charge is 2.42. The molecule has 1 aliphatic rings. The van der Waals surface area contributed by atoms with Crippen LogP contribution >= 0.6 is 9.24 Å². The third kappa shape index (κ3) is 7.20. The smallest absolute Gasteiger partial charge is 0.226 e. The van der Waals surface area contributed by atoms with Crippen molar-refractivity contribution in [2.24, 2.45) is 5.41 Å². The molecule has 1 aliphatic heterocycles. The van der Waals surface area contributed by atoms with E-state index in [0.717, 1.165) is 35.0 Å². The summed E-state index contributed by atoms with van der Waals surface area (Å²) in [4.78, 5) is 28.5. The fourth-order valence-electron chi connectivity index (χ4n) is 5.13. The van der Waals surface area contributed by atoms with Crippen LogP contribution in [-0.4, -0.2) is 43.5 Å². The molecule has 6 heteroatoms. The zero-order valence-electron chi connectivity index (χ0n) is 21.6. The van der Waals surface area contributed by atoms with Gasteiger partial charge in [0.05, 0.1) is 12.5 Å². The topological polar surface area (TPSA) is 58.6 Å². The quantitative estimate of drug-likeness (QED) is 0.408. The lowest BCUT2D eigenvalue weighted by Gasteiger charge is -2.41. The Bertz CT molecular complexity index is 1180. The zero-order valence-corrected chi connectivity index (χ0v) is 22.8. The molecule has 1 heterocycles. The molecule has 37 heavy (non-hydrogen) atoms. The van der Waals surface area contributed by atoms with Crippen molar-refractivity contribution in [1.29, 1.82) is 0 Å².